The van der Waals surface area contributed by atoms with Gasteiger partial charge in [-0.2, -0.15) is 0 Å². The van der Waals surface area contributed by atoms with Gasteiger partial charge in [0.2, 0.25) is 0 Å². The van der Waals surface area contributed by atoms with Crippen molar-refractivity contribution in [3.8, 4) is 0 Å². The van der Waals surface area contributed by atoms with Crippen LogP contribution in [0.15, 0.2) is 0 Å². The second-order valence-corrected chi connectivity index (χ2v) is 6.17. The highest BCUT2D eigenvalue weighted by Crippen LogP contribution is 2.37. The molecule has 3 unspecified atom stereocenters. The predicted molar refractivity (Wildman–Crippen MR) is 79.1 cm³/mol. The van der Waals surface area contributed by atoms with E-state index in [1.807, 2.05) is 27.7 Å². The van der Waals surface area contributed by atoms with Crippen molar-refractivity contribution >= 4 is 0 Å². The standard InChI is InChI=1S/C14H24O5.C2H6/c1-7-3-4-10-14(18-7)11(16)8(2)12(19-10)13-9(15)5-6-17-13;1-2/h7-16H,3-6H2,1-2H3;1-2H3/t7-,8?,9+,10-,11+,12?,13?,14-;/m0./s1. The molecule has 21 heavy (non-hydrogen) atoms. The quantitative estimate of drug-likeness (QED) is 0.768. The van der Waals surface area contributed by atoms with Crippen LogP contribution in [-0.4, -0.2) is 59.5 Å². The molecule has 5 nitrogen and oxygen atoms in total. The average Bonchev–Trinajstić information content (AvgIpc) is 2.91. The van der Waals surface area contributed by atoms with Crippen LogP contribution in [-0.2, 0) is 14.2 Å². The largest absolute Gasteiger partial charge is 0.390 e. The monoisotopic (exact) mass is 302 g/mol. The van der Waals surface area contributed by atoms with Crippen LogP contribution in [0.2, 0.25) is 0 Å². The first-order valence-corrected chi connectivity index (χ1v) is 8.36. The molecule has 3 rings (SSSR count). The lowest BCUT2D eigenvalue weighted by atomic mass is 9.82. The Kier molecular flexibility index (Phi) is 6.03. The van der Waals surface area contributed by atoms with E-state index in [2.05, 4.69) is 0 Å². The fourth-order valence-corrected chi connectivity index (χ4v) is 3.54. The molecule has 0 aromatic heterocycles. The summed E-state index contributed by atoms with van der Waals surface area (Å²) in [5, 5.41) is 20.4. The molecular weight excluding hydrogens is 272 g/mol. The van der Waals surface area contributed by atoms with Crippen molar-refractivity contribution in [1.29, 1.82) is 0 Å². The first-order valence-electron chi connectivity index (χ1n) is 8.36. The summed E-state index contributed by atoms with van der Waals surface area (Å²) in [5.74, 6) is -0.0932. The second-order valence-electron chi connectivity index (χ2n) is 6.17. The van der Waals surface area contributed by atoms with Crippen molar-refractivity contribution in [3.63, 3.8) is 0 Å². The molecule has 0 bridgehead atoms. The van der Waals surface area contributed by atoms with Crippen molar-refractivity contribution in [2.75, 3.05) is 6.61 Å². The number of ether oxygens (including phenoxy) is 3. The fourth-order valence-electron chi connectivity index (χ4n) is 3.54. The number of hydrogen-bond donors (Lipinski definition) is 2. The summed E-state index contributed by atoms with van der Waals surface area (Å²) in [6.45, 7) is 8.54. The van der Waals surface area contributed by atoms with Crippen molar-refractivity contribution in [1.82, 2.24) is 0 Å². The van der Waals surface area contributed by atoms with Crippen LogP contribution in [0.4, 0.5) is 0 Å². The van der Waals surface area contributed by atoms with Crippen LogP contribution in [0.25, 0.3) is 0 Å². The number of rotatable bonds is 1. The van der Waals surface area contributed by atoms with E-state index < -0.39 is 12.2 Å². The summed E-state index contributed by atoms with van der Waals surface area (Å²) in [5.41, 5.74) is 0. The lowest BCUT2D eigenvalue weighted by Crippen LogP contribution is -2.60. The van der Waals surface area contributed by atoms with Gasteiger partial charge < -0.3 is 24.4 Å². The molecule has 2 N–H and O–H groups in total. The zero-order valence-corrected chi connectivity index (χ0v) is 13.6. The van der Waals surface area contributed by atoms with E-state index in [1.165, 1.54) is 0 Å². The van der Waals surface area contributed by atoms with E-state index in [1.54, 1.807) is 0 Å². The average molecular weight is 302 g/mol. The highest BCUT2D eigenvalue weighted by atomic mass is 16.6. The fraction of sp³-hybridized carbons (Fsp3) is 1.00. The maximum atomic E-state index is 10.5. The van der Waals surface area contributed by atoms with Crippen LogP contribution in [0.5, 0.6) is 0 Å². The molecule has 0 amide bonds. The van der Waals surface area contributed by atoms with Crippen LogP contribution in [0, 0.1) is 5.92 Å². The third-order valence-electron chi connectivity index (χ3n) is 4.77. The van der Waals surface area contributed by atoms with E-state index in [0.717, 1.165) is 12.8 Å². The van der Waals surface area contributed by atoms with E-state index >= 15 is 0 Å². The molecule has 3 aliphatic rings. The normalized spacial score (nSPS) is 50.0. The third kappa shape index (κ3) is 3.42. The Morgan fingerprint density at radius 3 is 2.19 bits per heavy atom. The summed E-state index contributed by atoms with van der Waals surface area (Å²) in [6, 6.07) is 0. The summed E-state index contributed by atoms with van der Waals surface area (Å²) in [4.78, 5) is 0. The van der Waals surface area contributed by atoms with E-state index in [-0.39, 0.29) is 36.4 Å². The number of aliphatic hydroxyl groups is 2. The van der Waals surface area contributed by atoms with Gasteiger partial charge in [0, 0.05) is 12.5 Å². The molecule has 0 aromatic carbocycles. The molecule has 0 aromatic rings. The first kappa shape index (κ1) is 17.2. The SMILES string of the molecule is CC.CC1C(C2OCC[C@H]2O)O[C@H]2CC[C@H](C)O[C@@H]2[C@@H]1O. The molecule has 8 atom stereocenters. The molecule has 3 aliphatic heterocycles. The van der Waals surface area contributed by atoms with Gasteiger partial charge >= 0.3 is 0 Å². The second kappa shape index (κ2) is 7.38. The van der Waals surface area contributed by atoms with Gasteiger partial charge in [-0.25, -0.2) is 0 Å². The Bertz CT molecular complexity index is 322. The highest BCUT2D eigenvalue weighted by molar-refractivity contribution is 4.98. The minimum atomic E-state index is -0.553. The Hall–Kier alpha value is -0.200. The van der Waals surface area contributed by atoms with Crippen LogP contribution >= 0.6 is 0 Å². The zero-order chi connectivity index (χ0) is 15.6. The Morgan fingerprint density at radius 1 is 0.857 bits per heavy atom. The molecule has 124 valence electrons. The molecular formula is C16H30O5. The number of aliphatic hydroxyl groups excluding tert-OH is 2. The van der Waals surface area contributed by atoms with Gasteiger partial charge in [-0.1, -0.05) is 20.8 Å². The molecule has 3 saturated heterocycles. The molecule has 0 saturated carbocycles. The first-order chi connectivity index (χ1) is 10.1. The minimum absolute atomic E-state index is 0.0798. The van der Waals surface area contributed by atoms with E-state index in [0.29, 0.717) is 13.0 Å². The van der Waals surface area contributed by atoms with Gasteiger partial charge in [0.15, 0.2) is 0 Å². The highest BCUT2D eigenvalue weighted by Gasteiger charge is 2.50. The Morgan fingerprint density at radius 2 is 1.57 bits per heavy atom. The smallest absolute Gasteiger partial charge is 0.110 e. The molecule has 0 radical (unpaired) electrons. The third-order valence-corrected chi connectivity index (χ3v) is 4.77. The zero-order valence-electron chi connectivity index (χ0n) is 13.6. The number of fused-ring (bicyclic) bond motifs is 1. The predicted octanol–water partition coefficient (Wildman–Crippen LogP) is 1.49. The van der Waals surface area contributed by atoms with Crippen molar-refractivity contribution < 1.29 is 24.4 Å². The molecule has 0 aliphatic carbocycles. The van der Waals surface area contributed by atoms with Gasteiger partial charge in [-0.05, 0) is 26.2 Å². The molecule has 3 fully saturated rings. The lowest BCUT2D eigenvalue weighted by molar-refractivity contribution is -0.263. The Labute approximate surface area is 127 Å². The van der Waals surface area contributed by atoms with Crippen molar-refractivity contribution in [2.24, 2.45) is 5.92 Å². The molecule has 3 heterocycles. The van der Waals surface area contributed by atoms with Gasteiger partial charge in [-0.15, -0.1) is 0 Å². The lowest BCUT2D eigenvalue weighted by Gasteiger charge is -2.48. The minimum Gasteiger partial charge on any atom is -0.390 e. The molecule has 0 spiro atoms. The van der Waals surface area contributed by atoms with Gasteiger partial charge in [0.25, 0.3) is 0 Å². The number of hydrogen-bond acceptors (Lipinski definition) is 5. The summed E-state index contributed by atoms with van der Waals surface area (Å²) < 4.78 is 17.5. The van der Waals surface area contributed by atoms with Crippen molar-refractivity contribution in [3.05, 3.63) is 0 Å². The summed E-state index contributed by atoms with van der Waals surface area (Å²) >= 11 is 0. The van der Waals surface area contributed by atoms with Crippen LogP contribution in [0.3, 0.4) is 0 Å². The maximum Gasteiger partial charge on any atom is 0.110 e. The van der Waals surface area contributed by atoms with Crippen LogP contribution in [0.1, 0.15) is 47.0 Å². The summed E-state index contributed by atoms with van der Waals surface area (Å²) in [7, 11) is 0. The Balaban J connectivity index is 0.000000774. The van der Waals surface area contributed by atoms with Crippen molar-refractivity contribution in [2.45, 2.75) is 89.7 Å². The van der Waals surface area contributed by atoms with E-state index in [4.69, 9.17) is 14.2 Å². The maximum absolute atomic E-state index is 10.5. The summed E-state index contributed by atoms with van der Waals surface area (Å²) in [6.07, 6.45) is 0.750. The van der Waals surface area contributed by atoms with Gasteiger partial charge in [0.1, 0.15) is 12.2 Å². The van der Waals surface area contributed by atoms with Crippen LogP contribution < -0.4 is 0 Å². The topological polar surface area (TPSA) is 68.2 Å². The van der Waals surface area contributed by atoms with Gasteiger partial charge in [-0.3, -0.25) is 0 Å². The van der Waals surface area contributed by atoms with E-state index in [9.17, 15) is 10.2 Å². The van der Waals surface area contributed by atoms with Gasteiger partial charge in [0.05, 0.1) is 30.5 Å². The molecule has 5 heteroatoms.